The number of halogens is 4. The molecule has 1 unspecified atom stereocenters. The molecule has 0 spiro atoms. The number of anilines is 1. The smallest absolute Gasteiger partial charge is 0.344 e. The molecule has 5 heterocycles. The lowest BCUT2D eigenvalue weighted by molar-refractivity contribution is -0.132. The number of aromatic nitrogens is 8. The van der Waals surface area contributed by atoms with Crippen LogP contribution >= 0.6 is 0 Å². The minimum atomic E-state index is -4.33. The SMILES string of the molecule is CCC1c2nncn2-c2cnc(-n3ccnc3-c3ccc(F)cn3)nc2N1CCC(F)(F)F. The Bertz CT molecular complexity index is 1280. The van der Waals surface area contributed by atoms with E-state index in [1.807, 2.05) is 6.92 Å². The highest BCUT2D eigenvalue weighted by Crippen LogP contribution is 2.39. The molecule has 4 aromatic heterocycles. The summed E-state index contributed by atoms with van der Waals surface area (Å²) in [5, 5.41) is 8.05. The molecule has 5 rings (SSSR count). The number of alkyl halides is 3. The van der Waals surface area contributed by atoms with E-state index in [0.717, 1.165) is 6.20 Å². The molecular weight excluding hydrogens is 442 g/mol. The zero-order chi connectivity index (χ0) is 23.2. The Balaban J connectivity index is 1.61. The molecular formula is C20H17F4N9. The molecule has 0 N–H and O–H groups in total. The van der Waals surface area contributed by atoms with Gasteiger partial charge in [-0.15, -0.1) is 10.2 Å². The maximum atomic E-state index is 13.3. The molecule has 0 saturated carbocycles. The summed E-state index contributed by atoms with van der Waals surface area (Å²) in [6.45, 7) is 1.57. The maximum absolute atomic E-state index is 13.3. The van der Waals surface area contributed by atoms with Crippen LogP contribution in [0.15, 0.2) is 43.2 Å². The van der Waals surface area contributed by atoms with Crippen molar-refractivity contribution in [2.24, 2.45) is 0 Å². The van der Waals surface area contributed by atoms with Crippen molar-refractivity contribution in [3.8, 4) is 23.2 Å². The summed E-state index contributed by atoms with van der Waals surface area (Å²) in [7, 11) is 0. The van der Waals surface area contributed by atoms with E-state index >= 15 is 0 Å². The van der Waals surface area contributed by atoms with Crippen molar-refractivity contribution in [3.63, 3.8) is 0 Å². The highest BCUT2D eigenvalue weighted by Gasteiger charge is 2.36. The number of rotatable bonds is 5. The first-order chi connectivity index (χ1) is 15.9. The Morgan fingerprint density at radius 2 is 1.91 bits per heavy atom. The Morgan fingerprint density at radius 3 is 2.64 bits per heavy atom. The summed E-state index contributed by atoms with van der Waals surface area (Å²) in [5.74, 6) is 0.926. The van der Waals surface area contributed by atoms with E-state index in [0.29, 0.717) is 35.3 Å². The van der Waals surface area contributed by atoms with Gasteiger partial charge in [0.05, 0.1) is 24.9 Å². The third-order valence-electron chi connectivity index (χ3n) is 5.35. The topological polar surface area (TPSA) is 90.4 Å². The molecule has 9 nitrogen and oxygen atoms in total. The molecule has 0 aliphatic carbocycles. The molecule has 170 valence electrons. The highest BCUT2D eigenvalue weighted by atomic mass is 19.4. The summed E-state index contributed by atoms with van der Waals surface area (Å²) in [5.41, 5.74) is 0.872. The summed E-state index contributed by atoms with van der Waals surface area (Å²) in [6, 6.07) is 2.29. The van der Waals surface area contributed by atoms with E-state index in [9.17, 15) is 17.6 Å². The summed E-state index contributed by atoms with van der Waals surface area (Å²) >= 11 is 0. The van der Waals surface area contributed by atoms with Gasteiger partial charge < -0.3 is 4.90 Å². The molecule has 1 aliphatic rings. The predicted molar refractivity (Wildman–Crippen MR) is 108 cm³/mol. The third-order valence-corrected chi connectivity index (χ3v) is 5.35. The van der Waals surface area contributed by atoms with Crippen molar-refractivity contribution < 1.29 is 17.6 Å². The van der Waals surface area contributed by atoms with E-state index in [2.05, 4.69) is 30.1 Å². The van der Waals surface area contributed by atoms with Gasteiger partial charge in [-0.3, -0.25) is 9.13 Å². The molecule has 33 heavy (non-hydrogen) atoms. The molecule has 1 aliphatic heterocycles. The second-order valence-electron chi connectivity index (χ2n) is 7.40. The van der Waals surface area contributed by atoms with Crippen molar-refractivity contribution in [2.75, 3.05) is 11.4 Å². The quantitative estimate of drug-likeness (QED) is 0.421. The molecule has 13 heteroatoms. The fourth-order valence-electron chi connectivity index (χ4n) is 3.87. The van der Waals surface area contributed by atoms with Gasteiger partial charge in [0.15, 0.2) is 17.5 Å². The average Bonchev–Trinajstić information content (AvgIpc) is 3.47. The van der Waals surface area contributed by atoms with Crippen LogP contribution in [0.1, 0.15) is 31.6 Å². The fraction of sp³-hybridized carbons (Fsp3) is 0.300. The van der Waals surface area contributed by atoms with Gasteiger partial charge in [0.1, 0.15) is 23.5 Å². The van der Waals surface area contributed by atoms with E-state index in [1.54, 1.807) is 20.2 Å². The van der Waals surface area contributed by atoms with Crippen LogP contribution < -0.4 is 4.90 Å². The number of imidazole rings is 1. The second kappa shape index (κ2) is 7.90. The van der Waals surface area contributed by atoms with Gasteiger partial charge in [0.2, 0.25) is 5.95 Å². The van der Waals surface area contributed by atoms with Gasteiger partial charge in [0.25, 0.3) is 0 Å². The van der Waals surface area contributed by atoms with Gasteiger partial charge >= 0.3 is 6.18 Å². The first kappa shape index (κ1) is 21.0. The van der Waals surface area contributed by atoms with E-state index < -0.39 is 24.5 Å². The first-order valence-electron chi connectivity index (χ1n) is 10.1. The molecule has 0 aromatic carbocycles. The molecule has 0 bridgehead atoms. The van der Waals surface area contributed by atoms with E-state index in [1.165, 1.54) is 30.9 Å². The van der Waals surface area contributed by atoms with Crippen LogP contribution in [-0.4, -0.2) is 52.0 Å². The zero-order valence-electron chi connectivity index (χ0n) is 17.3. The number of fused-ring (bicyclic) bond motifs is 3. The maximum Gasteiger partial charge on any atom is 0.390 e. The van der Waals surface area contributed by atoms with Crippen LogP contribution in [0.2, 0.25) is 0 Å². The van der Waals surface area contributed by atoms with Gasteiger partial charge in [-0.1, -0.05) is 6.92 Å². The van der Waals surface area contributed by atoms with Crippen LogP contribution in [0.25, 0.3) is 23.2 Å². The standard InChI is InChI=1S/C20H17F4N9/c1-2-14-18-30-28-11-33(18)15-10-27-19(29-17(15)31(14)7-5-20(22,23)24)32-8-6-25-16(32)13-4-3-12(21)9-26-13/h3-4,6,8-11,14H,2,5,7H2,1H3. The second-order valence-corrected chi connectivity index (χ2v) is 7.40. The van der Waals surface area contributed by atoms with Crippen LogP contribution in [0, 0.1) is 5.82 Å². The average molecular weight is 459 g/mol. The molecule has 0 fully saturated rings. The lowest BCUT2D eigenvalue weighted by Gasteiger charge is -2.37. The van der Waals surface area contributed by atoms with Gasteiger partial charge in [-0.05, 0) is 18.6 Å². The largest absolute Gasteiger partial charge is 0.390 e. The number of nitrogens with zero attached hydrogens (tertiary/aromatic N) is 9. The minimum Gasteiger partial charge on any atom is -0.344 e. The highest BCUT2D eigenvalue weighted by molar-refractivity contribution is 5.62. The van der Waals surface area contributed by atoms with Crippen LogP contribution in [0.5, 0.6) is 0 Å². The Labute approximate surface area is 184 Å². The molecule has 1 atom stereocenters. The van der Waals surface area contributed by atoms with Crippen molar-refractivity contribution >= 4 is 5.82 Å². The normalized spacial score (nSPS) is 15.4. The molecule has 0 radical (unpaired) electrons. The van der Waals surface area contributed by atoms with Crippen molar-refractivity contribution in [3.05, 3.63) is 54.9 Å². The van der Waals surface area contributed by atoms with Crippen LogP contribution in [0.3, 0.4) is 0 Å². The minimum absolute atomic E-state index is 0.191. The number of pyridine rings is 1. The third kappa shape index (κ3) is 3.79. The lowest BCUT2D eigenvalue weighted by atomic mass is 10.1. The van der Waals surface area contributed by atoms with Crippen molar-refractivity contribution in [1.82, 2.24) is 39.3 Å². The van der Waals surface area contributed by atoms with Crippen molar-refractivity contribution in [1.29, 1.82) is 0 Å². The summed E-state index contributed by atoms with van der Waals surface area (Å²) in [6.07, 6.45) is 2.36. The number of hydrogen-bond acceptors (Lipinski definition) is 7. The van der Waals surface area contributed by atoms with Crippen LogP contribution in [-0.2, 0) is 0 Å². The van der Waals surface area contributed by atoms with Gasteiger partial charge in [-0.2, -0.15) is 18.2 Å². The summed E-state index contributed by atoms with van der Waals surface area (Å²) in [4.78, 5) is 18.9. The van der Waals surface area contributed by atoms with E-state index in [4.69, 9.17) is 0 Å². The van der Waals surface area contributed by atoms with Crippen molar-refractivity contribution in [2.45, 2.75) is 32.0 Å². The van der Waals surface area contributed by atoms with Crippen LogP contribution in [0.4, 0.5) is 23.4 Å². The Morgan fingerprint density at radius 1 is 1.06 bits per heavy atom. The first-order valence-corrected chi connectivity index (χ1v) is 10.1. The van der Waals surface area contributed by atoms with E-state index in [-0.39, 0.29) is 12.5 Å². The Hall–Kier alpha value is -3.90. The Kier molecular flexibility index (Phi) is 5.02. The summed E-state index contributed by atoms with van der Waals surface area (Å²) < 4.78 is 55.8. The lowest BCUT2D eigenvalue weighted by Crippen LogP contribution is -2.38. The predicted octanol–water partition coefficient (Wildman–Crippen LogP) is 3.67. The monoisotopic (exact) mass is 459 g/mol. The fourth-order valence-corrected chi connectivity index (χ4v) is 3.87. The van der Waals surface area contributed by atoms with Gasteiger partial charge in [-0.25, -0.2) is 19.3 Å². The zero-order valence-corrected chi connectivity index (χ0v) is 17.3. The molecule has 4 aromatic rings. The number of hydrogen-bond donors (Lipinski definition) is 0. The van der Waals surface area contributed by atoms with Gasteiger partial charge in [0, 0.05) is 18.9 Å². The molecule has 0 saturated heterocycles. The molecule has 0 amide bonds.